The van der Waals surface area contributed by atoms with Crippen LogP contribution in [0.25, 0.3) is 11.4 Å². The first kappa shape index (κ1) is 23.5. The molecular weight excluding hydrogens is 470 g/mol. The monoisotopic (exact) mass is 492 g/mol. The van der Waals surface area contributed by atoms with Crippen molar-refractivity contribution in [2.24, 2.45) is 0 Å². The molecule has 0 atom stereocenters. The van der Waals surface area contributed by atoms with Gasteiger partial charge in [0, 0.05) is 17.3 Å². The van der Waals surface area contributed by atoms with E-state index in [2.05, 4.69) is 20.4 Å². The number of amides is 2. The van der Waals surface area contributed by atoms with Crippen LogP contribution in [-0.4, -0.2) is 42.5 Å². The number of hydrogen-bond acceptors (Lipinski definition) is 8. The molecule has 1 fully saturated rings. The lowest BCUT2D eigenvalue weighted by atomic mass is 10.1. The van der Waals surface area contributed by atoms with Crippen LogP contribution >= 0.6 is 0 Å². The molecule has 13 heteroatoms. The quantitative estimate of drug-likeness (QED) is 0.455. The summed E-state index contributed by atoms with van der Waals surface area (Å²) in [5.74, 6) is 0.532. The fourth-order valence-electron chi connectivity index (χ4n) is 3.71. The van der Waals surface area contributed by atoms with Gasteiger partial charge in [0.05, 0.1) is 17.9 Å². The Morgan fingerprint density at radius 2 is 1.88 bits per heavy atom. The second-order valence-electron chi connectivity index (χ2n) is 7.96. The van der Waals surface area contributed by atoms with Crippen molar-refractivity contribution in [2.45, 2.75) is 42.8 Å². The number of hydrogen-bond donors (Lipinski definition) is 3. The highest BCUT2D eigenvalue weighted by atomic mass is 32.2. The first-order valence-corrected chi connectivity index (χ1v) is 11.8. The van der Waals surface area contributed by atoms with Gasteiger partial charge in [-0.25, -0.2) is 32.0 Å². The Bertz CT molecular complexity index is 1320. The normalized spacial score (nSPS) is 14.7. The molecule has 3 aromatic rings. The molecule has 1 aliphatic carbocycles. The van der Waals surface area contributed by atoms with Crippen LogP contribution < -0.4 is 16.4 Å². The number of nitrogen functional groups attached to an aromatic ring is 1. The zero-order valence-electron chi connectivity index (χ0n) is 18.3. The van der Waals surface area contributed by atoms with E-state index in [-0.39, 0.29) is 33.7 Å². The molecule has 1 aromatic carbocycles. The molecular formula is C21H22F2N6O4S. The molecule has 1 aliphatic rings. The molecule has 2 amide bonds. The Kier molecular flexibility index (Phi) is 5.98. The third kappa shape index (κ3) is 4.30. The summed E-state index contributed by atoms with van der Waals surface area (Å²) in [6.45, 7) is 2.36. The van der Waals surface area contributed by atoms with Gasteiger partial charge in [-0.3, -0.25) is 0 Å². The van der Waals surface area contributed by atoms with Crippen LogP contribution in [0.3, 0.4) is 0 Å². The van der Waals surface area contributed by atoms with E-state index in [0.29, 0.717) is 24.1 Å². The van der Waals surface area contributed by atoms with Gasteiger partial charge in [0.25, 0.3) is 6.43 Å². The van der Waals surface area contributed by atoms with Crippen molar-refractivity contribution in [1.29, 1.82) is 0 Å². The van der Waals surface area contributed by atoms with Gasteiger partial charge < -0.3 is 20.9 Å². The molecule has 0 unspecified atom stereocenters. The van der Waals surface area contributed by atoms with Crippen LogP contribution in [0.15, 0.2) is 39.8 Å². The van der Waals surface area contributed by atoms with E-state index in [4.69, 9.17) is 10.3 Å². The fourth-order valence-corrected chi connectivity index (χ4v) is 5.96. The molecule has 0 saturated heterocycles. The lowest BCUT2D eigenvalue weighted by Crippen LogP contribution is -2.32. The third-order valence-electron chi connectivity index (χ3n) is 5.49. The number of halogens is 2. The number of anilines is 2. The molecule has 10 nitrogen and oxygen atoms in total. The largest absolute Gasteiger partial charge is 0.384 e. The van der Waals surface area contributed by atoms with Gasteiger partial charge >= 0.3 is 6.03 Å². The van der Waals surface area contributed by atoms with Crippen LogP contribution in [0.2, 0.25) is 0 Å². The number of carbonyl (C=O) groups excluding carboxylic acids is 1. The summed E-state index contributed by atoms with van der Waals surface area (Å²) in [6.07, 6.45) is -1.92. The van der Waals surface area contributed by atoms with Crippen molar-refractivity contribution in [1.82, 2.24) is 20.4 Å². The minimum absolute atomic E-state index is 0.0595. The summed E-state index contributed by atoms with van der Waals surface area (Å²) in [5, 5.41) is 8.24. The first-order valence-electron chi connectivity index (χ1n) is 10.3. The van der Waals surface area contributed by atoms with Crippen molar-refractivity contribution in [3.63, 3.8) is 0 Å². The van der Waals surface area contributed by atoms with Crippen LogP contribution in [0.5, 0.6) is 0 Å². The van der Waals surface area contributed by atoms with E-state index in [9.17, 15) is 22.0 Å². The van der Waals surface area contributed by atoms with E-state index in [0.717, 1.165) is 0 Å². The Hall–Kier alpha value is -3.61. The minimum atomic E-state index is -3.86. The van der Waals surface area contributed by atoms with Gasteiger partial charge in [0.2, 0.25) is 0 Å². The maximum absolute atomic E-state index is 13.5. The number of carbonyl (C=O) groups is 1. The molecule has 180 valence electrons. The molecule has 2 aromatic heterocycles. The Morgan fingerprint density at radius 1 is 1.21 bits per heavy atom. The van der Waals surface area contributed by atoms with Gasteiger partial charge in [-0.1, -0.05) is 5.16 Å². The third-order valence-corrected chi connectivity index (χ3v) is 8.25. The fraction of sp³-hybridized carbons (Fsp3) is 0.333. The Labute approximate surface area is 193 Å². The van der Waals surface area contributed by atoms with Gasteiger partial charge in [0.15, 0.2) is 21.4 Å². The molecule has 2 heterocycles. The van der Waals surface area contributed by atoms with E-state index in [1.165, 1.54) is 18.2 Å². The van der Waals surface area contributed by atoms with E-state index >= 15 is 0 Å². The van der Waals surface area contributed by atoms with Crippen molar-refractivity contribution in [3.8, 4) is 11.4 Å². The number of aromatic nitrogens is 3. The highest BCUT2D eigenvalue weighted by Crippen LogP contribution is 2.55. The SMILES string of the molecule is Cc1noc(C)c1S(=O)(=O)C1(c2cc(N)nc(-c3ccc(NC(=O)NCC(F)F)cc3)n2)CC1. The second-order valence-corrected chi connectivity index (χ2v) is 10.2. The molecule has 0 aliphatic heterocycles. The standard InChI is InChI=1S/C21H22F2N6O4S/c1-11-18(12(2)33-29-11)34(31,32)21(7-8-21)15-9-17(24)28-19(27-15)13-3-5-14(6-4-13)26-20(30)25-10-16(22)23/h3-6,9,16H,7-8,10H2,1-2H3,(H2,24,27,28)(H2,25,26,30). The smallest absolute Gasteiger partial charge is 0.319 e. The molecule has 4 rings (SSSR count). The van der Waals surface area contributed by atoms with Crippen LogP contribution in [0.4, 0.5) is 25.1 Å². The summed E-state index contributed by atoms with van der Waals surface area (Å²) < 4.78 is 55.3. The summed E-state index contributed by atoms with van der Waals surface area (Å²) >= 11 is 0. The summed E-state index contributed by atoms with van der Waals surface area (Å²) in [7, 11) is -3.86. The number of nitrogens with zero attached hydrogens (tertiary/aromatic N) is 3. The molecule has 0 spiro atoms. The first-order chi connectivity index (χ1) is 16.0. The topological polar surface area (TPSA) is 153 Å². The maximum Gasteiger partial charge on any atom is 0.319 e. The summed E-state index contributed by atoms with van der Waals surface area (Å²) in [5.41, 5.74) is 7.44. The van der Waals surface area contributed by atoms with Gasteiger partial charge in [-0.05, 0) is 51.0 Å². The lowest BCUT2D eigenvalue weighted by molar-refractivity contribution is 0.148. The predicted molar refractivity (Wildman–Crippen MR) is 119 cm³/mol. The number of nitrogens with two attached hydrogens (primary N) is 1. The number of alkyl halides is 2. The van der Waals surface area contributed by atoms with Crippen LogP contribution in [-0.2, 0) is 14.6 Å². The van der Waals surface area contributed by atoms with Crippen molar-refractivity contribution in [3.05, 3.63) is 47.5 Å². The second kappa shape index (κ2) is 8.63. The van der Waals surface area contributed by atoms with Gasteiger partial charge in [0.1, 0.15) is 15.5 Å². The molecule has 34 heavy (non-hydrogen) atoms. The number of aryl methyl sites for hydroxylation is 2. The summed E-state index contributed by atoms with van der Waals surface area (Å²) in [6, 6.07) is 6.97. The molecule has 0 bridgehead atoms. The van der Waals surface area contributed by atoms with Crippen molar-refractivity contribution >= 4 is 27.4 Å². The average Bonchev–Trinajstić information content (AvgIpc) is 3.53. The number of benzene rings is 1. The number of nitrogens with one attached hydrogen (secondary N) is 2. The van der Waals surface area contributed by atoms with Gasteiger partial charge in [-0.2, -0.15) is 0 Å². The zero-order valence-corrected chi connectivity index (χ0v) is 19.1. The van der Waals surface area contributed by atoms with E-state index < -0.39 is 33.6 Å². The minimum Gasteiger partial charge on any atom is -0.384 e. The number of rotatable bonds is 7. The van der Waals surface area contributed by atoms with Crippen molar-refractivity contribution < 1.29 is 26.5 Å². The van der Waals surface area contributed by atoms with Crippen LogP contribution in [0, 0.1) is 13.8 Å². The van der Waals surface area contributed by atoms with Crippen molar-refractivity contribution in [2.75, 3.05) is 17.6 Å². The van der Waals surface area contributed by atoms with E-state index in [1.807, 2.05) is 5.32 Å². The predicted octanol–water partition coefficient (Wildman–Crippen LogP) is 3.18. The van der Waals surface area contributed by atoms with E-state index in [1.54, 1.807) is 26.0 Å². The van der Waals surface area contributed by atoms with Crippen LogP contribution in [0.1, 0.15) is 30.0 Å². The lowest BCUT2D eigenvalue weighted by Gasteiger charge is -2.17. The Balaban J connectivity index is 1.62. The highest BCUT2D eigenvalue weighted by molar-refractivity contribution is 7.92. The van der Waals surface area contributed by atoms with Gasteiger partial charge in [-0.15, -0.1) is 0 Å². The zero-order chi connectivity index (χ0) is 24.7. The number of urea groups is 1. The molecule has 1 saturated carbocycles. The molecule has 0 radical (unpaired) electrons. The Morgan fingerprint density at radius 3 is 2.44 bits per heavy atom. The maximum atomic E-state index is 13.5. The number of sulfone groups is 1. The summed E-state index contributed by atoms with van der Waals surface area (Å²) in [4.78, 5) is 20.4. The average molecular weight is 493 g/mol. The highest BCUT2D eigenvalue weighted by Gasteiger charge is 2.59. The molecule has 4 N–H and O–H groups in total.